The third-order valence-electron chi connectivity index (χ3n) is 3.16. The molecular formula is C13H24O4. The van der Waals surface area contributed by atoms with E-state index in [0.717, 1.165) is 0 Å². The quantitative estimate of drug-likeness (QED) is 0.770. The minimum atomic E-state index is -0.568. The Labute approximate surface area is 103 Å². The largest absolute Gasteiger partial charge is 0.459 e. The van der Waals surface area contributed by atoms with E-state index in [-0.39, 0.29) is 12.1 Å². The second kappa shape index (κ2) is 5.36. The Morgan fingerprint density at radius 2 is 1.88 bits per heavy atom. The van der Waals surface area contributed by atoms with E-state index in [1.54, 1.807) is 7.11 Å². The van der Waals surface area contributed by atoms with Crippen LogP contribution >= 0.6 is 0 Å². The summed E-state index contributed by atoms with van der Waals surface area (Å²) in [5.74, 6) is -0.196. The van der Waals surface area contributed by atoms with Crippen molar-refractivity contribution in [2.24, 2.45) is 5.41 Å². The van der Waals surface area contributed by atoms with E-state index in [9.17, 15) is 9.90 Å². The maximum absolute atomic E-state index is 12.2. The summed E-state index contributed by atoms with van der Waals surface area (Å²) in [6.45, 7) is 5.96. The van der Waals surface area contributed by atoms with Crippen LogP contribution in [-0.4, -0.2) is 36.5 Å². The van der Waals surface area contributed by atoms with E-state index in [1.807, 2.05) is 20.8 Å². The average Bonchev–Trinajstić information content (AvgIpc) is 2.19. The van der Waals surface area contributed by atoms with Crippen molar-refractivity contribution in [3.05, 3.63) is 0 Å². The van der Waals surface area contributed by atoms with Gasteiger partial charge in [-0.2, -0.15) is 0 Å². The summed E-state index contributed by atoms with van der Waals surface area (Å²) in [5, 5.41) is 9.53. The smallest absolute Gasteiger partial charge is 0.314 e. The molecule has 0 aromatic carbocycles. The van der Waals surface area contributed by atoms with Gasteiger partial charge in [-0.3, -0.25) is 4.79 Å². The highest BCUT2D eigenvalue weighted by Crippen LogP contribution is 2.38. The fraction of sp³-hybridized carbons (Fsp3) is 0.923. The number of rotatable bonds is 3. The third-order valence-corrected chi connectivity index (χ3v) is 3.16. The number of carbonyl (C=O) groups excluding carboxylic acids is 1. The monoisotopic (exact) mass is 244 g/mol. The van der Waals surface area contributed by atoms with E-state index in [4.69, 9.17) is 9.47 Å². The first-order valence-corrected chi connectivity index (χ1v) is 6.19. The van der Waals surface area contributed by atoms with Crippen molar-refractivity contribution >= 4 is 5.97 Å². The number of esters is 1. The zero-order valence-corrected chi connectivity index (χ0v) is 11.3. The first kappa shape index (κ1) is 14.5. The molecule has 0 aromatic rings. The van der Waals surface area contributed by atoms with Gasteiger partial charge in [0.15, 0.2) is 0 Å². The number of carbonyl (C=O) groups is 1. The molecule has 0 heterocycles. The number of ether oxygens (including phenoxy) is 2. The van der Waals surface area contributed by atoms with Crippen molar-refractivity contribution in [1.29, 1.82) is 0 Å². The molecule has 0 amide bonds. The van der Waals surface area contributed by atoms with Gasteiger partial charge < -0.3 is 14.6 Å². The summed E-state index contributed by atoms with van der Waals surface area (Å²) in [4.78, 5) is 12.2. The molecule has 0 aliphatic heterocycles. The average molecular weight is 244 g/mol. The lowest BCUT2D eigenvalue weighted by Gasteiger charge is -2.38. The van der Waals surface area contributed by atoms with Gasteiger partial charge in [-0.15, -0.1) is 0 Å². The molecule has 1 saturated carbocycles. The van der Waals surface area contributed by atoms with Crippen LogP contribution in [0.5, 0.6) is 0 Å². The second-order valence-electron chi connectivity index (χ2n) is 5.95. The van der Waals surface area contributed by atoms with E-state index in [1.165, 1.54) is 0 Å². The molecule has 0 spiro atoms. The number of aliphatic hydroxyl groups excluding tert-OH is 1. The van der Waals surface area contributed by atoms with Crippen LogP contribution in [0.3, 0.4) is 0 Å². The van der Waals surface area contributed by atoms with Gasteiger partial charge >= 0.3 is 5.97 Å². The van der Waals surface area contributed by atoms with Gasteiger partial charge in [-0.05, 0) is 46.5 Å². The van der Waals surface area contributed by atoms with Gasteiger partial charge in [-0.1, -0.05) is 0 Å². The molecule has 1 fully saturated rings. The van der Waals surface area contributed by atoms with Crippen LogP contribution in [0.25, 0.3) is 0 Å². The van der Waals surface area contributed by atoms with Gasteiger partial charge in [-0.25, -0.2) is 0 Å². The van der Waals surface area contributed by atoms with Crippen molar-refractivity contribution in [1.82, 2.24) is 0 Å². The first-order valence-electron chi connectivity index (χ1n) is 6.19. The molecule has 1 rings (SSSR count). The Kier molecular flexibility index (Phi) is 4.55. The molecule has 0 atom stereocenters. The Hall–Kier alpha value is -0.610. The summed E-state index contributed by atoms with van der Waals surface area (Å²) in [6, 6.07) is 0. The predicted molar refractivity (Wildman–Crippen MR) is 64.6 cm³/mol. The standard InChI is InChI=1S/C13H24O4/c1-12(2,3)17-11(15)13(9-16-4)7-5-10(14)6-8-13/h10,14H,5-9H2,1-4H3. The van der Waals surface area contributed by atoms with Crippen molar-refractivity contribution in [3.63, 3.8) is 0 Å². The zero-order chi connectivity index (χ0) is 13.1. The topological polar surface area (TPSA) is 55.8 Å². The number of hydrogen-bond donors (Lipinski definition) is 1. The molecule has 0 radical (unpaired) electrons. The maximum Gasteiger partial charge on any atom is 0.314 e. The molecule has 1 aliphatic rings. The molecule has 100 valence electrons. The summed E-state index contributed by atoms with van der Waals surface area (Å²) in [7, 11) is 1.59. The van der Waals surface area contributed by atoms with Gasteiger partial charge in [0.2, 0.25) is 0 Å². The third kappa shape index (κ3) is 3.96. The van der Waals surface area contributed by atoms with E-state index in [2.05, 4.69) is 0 Å². The van der Waals surface area contributed by atoms with Crippen LogP contribution in [0, 0.1) is 5.41 Å². The highest BCUT2D eigenvalue weighted by atomic mass is 16.6. The minimum absolute atomic E-state index is 0.196. The van der Waals surface area contributed by atoms with E-state index < -0.39 is 11.0 Å². The Morgan fingerprint density at radius 3 is 2.29 bits per heavy atom. The molecule has 4 nitrogen and oxygen atoms in total. The second-order valence-corrected chi connectivity index (χ2v) is 5.95. The van der Waals surface area contributed by atoms with Crippen LogP contribution in [0.15, 0.2) is 0 Å². The van der Waals surface area contributed by atoms with Crippen LogP contribution in [-0.2, 0) is 14.3 Å². The molecule has 0 saturated heterocycles. The fourth-order valence-corrected chi connectivity index (χ4v) is 2.23. The van der Waals surface area contributed by atoms with Gasteiger partial charge in [0, 0.05) is 7.11 Å². The van der Waals surface area contributed by atoms with Crippen molar-refractivity contribution < 1.29 is 19.4 Å². The van der Waals surface area contributed by atoms with Crippen LogP contribution in [0.2, 0.25) is 0 Å². The van der Waals surface area contributed by atoms with Crippen molar-refractivity contribution in [3.8, 4) is 0 Å². The SMILES string of the molecule is COCC1(C(=O)OC(C)(C)C)CCC(O)CC1. The maximum atomic E-state index is 12.2. The summed E-state index contributed by atoms with van der Waals surface area (Å²) < 4.78 is 10.6. The first-order chi connectivity index (χ1) is 7.79. The van der Waals surface area contributed by atoms with Gasteiger partial charge in [0.25, 0.3) is 0 Å². The highest BCUT2D eigenvalue weighted by Gasteiger charge is 2.44. The molecule has 0 aromatic heterocycles. The Morgan fingerprint density at radius 1 is 1.35 bits per heavy atom. The lowest BCUT2D eigenvalue weighted by molar-refractivity contribution is -0.175. The highest BCUT2D eigenvalue weighted by molar-refractivity contribution is 5.77. The molecule has 4 heteroatoms. The van der Waals surface area contributed by atoms with Gasteiger partial charge in [0.05, 0.1) is 18.1 Å². The predicted octanol–water partition coefficient (Wildman–Crippen LogP) is 1.90. The number of hydrogen-bond acceptors (Lipinski definition) is 4. The van der Waals surface area contributed by atoms with Gasteiger partial charge in [0.1, 0.15) is 5.60 Å². The molecule has 17 heavy (non-hydrogen) atoms. The minimum Gasteiger partial charge on any atom is -0.459 e. The Balaban J connectivity index is 2.74. The lowest BCUT2D eigenvalue weighted by Crippen LogP contribution is -2.44. The summed E-state index contributed by atoms with van der Waals surface area (Å²) in [5.41, 5.74) is -1.05. The van der Waals surface area contributed by atoms with Crippen LogP contribution in [0.1, 0.15) is 46.5 Å². The molecule has 0 bridgehead atoms. The fourth-order valence-electron chi connectivity index (χ4n) is 2.23. The zero-order valence-electron chi connectivity index (χ0n) is 11.3. The van der Waals surface area contributed by atoms with E-state index >= 15 is 0 Å². The normalized spacial score (nSPS) is 30.1. The summed E-state index contributed by atoms with van der Waals surface area (Å²) >= 11 is 0. The molecule has 0 unspecified atom stereocenters. The number of methoxy groups -OCH3 is 1. The lowest BCUT2D eigenvalue weighted by atomic mass is 9.73. The number of aliphatic hydroxyl groups is 1. The van der Waals surface area contributed by atoms with E-state index in [0.29, 0.717) is 32.3 Å². The van der Waals surface area contributed by atoms with Crippen LogP contribution in [0.4, 0.5) is 0 Å². The van der Waals surface area contributed by atoms with Crippen molar-refractivity contribution in [2.75, 3.05) is 13.7 Å². The molecule has 1 aliphatic carbocycles. The molecule has 1 N–H and O–H groups in total. The van der Waals surface area contributed by atoms with Crippen molar-refractivity contribution in [2.45, 2.75) is 58.2 Å². The summed E-state index contributed by atoms with van der Waals surface area (Å²) in [6.07, 6.45) is 2.27. The Bertz CT molecular complexity index is 259. The molecular weight excluding hydrogens is 220 g/mol. The van der Waals surface area contributed by atoms with Crippen LogP contribution < -0.4 is 0 Å².